The Kier molecular flexibility index (Phi) is 7.01. The van der Waals surface area contributed by atoms with Crippen molar-refractivity contribution in [1.29, 1.82) is 0 Å². The number of piperidine rings is 1. The number of aromatic nitrogens is 1. The maximum Gasteiger partial charge on any atom is 0.266 e. The lowest BCUT2D eigenvalue weighted by Crippen LogP contribution is -2.38. The van der Waals surface area contributed by atoms with Gasteiger partial charge < -0.3 is 24.8 Å². The van der Waals surface area contributed by atoms with Gasteiger partial charge in [0.15, 0.2) is 0 Å². The Balaban J connectivity index is 1.44. The fraction of sp³-hybridized carbons (Fsp3) is 0.538. The molecule has 2 aliphatic heterocycles. The van der Waals surface area contributed by atoms with Gasteiger partial charge in [0.05, 0.1) is 35.5 Å². The number of hydrogen-bond donors (Lipinski definition) is 2. The van der Waals surface area contributed by atoms with Crippen LogP contribution in [0.1, 0.15) is 53.3 Å². The SMILES string of the molecule is C[C@@H](NC(=O)c1cn([C@H]2CCOC[C@@H]2F)c(=O)cc1NC1[C@H]2CN(C)C[C@@H]12)c1cccc(C(F)F)c1F. The summed E-state index contributed by atoms with van der Waals surface area (Å²) in [5, 5.41) is 5.99. The Hall–Kier alpha value is -2.92. The van der Waals surface area contributed by atoms with E-state index in [0.717, 1.165) is 19.2 Å². The molecule has 6 atom stereocenters. The van der Waals surface area contributed by atoms with Crippen molar-refractivity contribution in [3.05, 3.63) is 63.3 Å². The summed E-state index contributed by atoms with van der Waals surface area (Å²) in [6.07, 6.45) is -2.79. The molecule has 37 heavy (non-hydrogen) atoms. The molecule has 5 rings (SSSR count). The van der Waals surface area contributed by atoms with Gasteiger partial charge >= 0.3 is 0 Å². The van der Waals surface area contributed by atoms with Gasteiger partial charge in [-0.25, -0.2) is 17.6 Å². The molecule has 1 unspecified atom stereocenters. The van der Waals surface area contributed by atoms with Crippen molar-refractivity contribution in [3.8, 4) is 0 Å². The lowest BCUT2D eigenvalue weighted by Gasteiger charge is -2.29. The van der Waals surface area contributed by atoms with Gasteiger partial charge in [0.2, 0.25) is 0 Å². The largest absolute Gasteiger partial charge is 0.381 e. The van der Waals surface area contributed by atoms with E-state index in [1.165, 1.54) is 35.9 Å². The van der Waals surface area contributed by atoms with Crippen molar-refractivity contribution in [2.45, 2.75) is 44.1 Å². The molecule has 3 aliphatic rings. The number of amides is 1. The highest BCUT2D eigenvalue weighted by Crippen LogP contribution is 2.47. The predicted octanol–water partition coefficient (Wildman–Crippen LogP) is 3.69. The number of nitrogens with zero attached hydrogens (tertiary/aromatic N) is 2. The number of likely N-dealkylation sites (tertiary alicyclic amines) is 1. The highest BCUT2D eigenvalue weighted by atomic mass is 19.3. The Morgan fingerprint density at radius 1 is 1.19 bits per heavy atom. The number of carbonyl (C=O) groups excluding carboxylic acids is 1. The zero-order valence-corrected chi connectivity index (χ0v) is 20.6. The average Bonchev–Trinajstić information content (AvgIpc) is 3.29. The van der Waals surface area contributed by atoms with Crippen molar-refractivity contribution < 1.29 is 27.1 Å². The van der Waals surface area contributed by atoms with E-state index in [0.29, 0.717) is 17.5 Å². The summed E-state index contributed by atoms with van der Waals surface area (Å²) < 4.78 is 62.1. The van der Waals surface area contributed by atoms with Gasteiger partial charge in [-0.15, -0.1) is 0 Å². The van der Waals surface area contributed by atoms with Crippen LogP contribution in [0.2, 0.25) is 0 Å². The van der Waals surface area contributed by atoms with E-state index in [-0.39, 0.29) is 36.8 Å². The van der Waals surface area contributed by atoms with E-state index in [4.69, 9.17) is 4.74 Å². The number of hydrogen-bond acceptors (Lipinski definition) is 5. The fourth-order valence-corrected chi connectivity index (χ4v) is 5.67. The first kappa shape index (κ1) is 25.7. The van der Waals surface area contributed by atoms with E-state index in [2.05, 4.69) is 15.5 Å². The number of ether oxygens (including phenoxy) is 1. The standard InChI is InChI=1S/C26H30F4N4O3/c1-13(14-4-3-5-15(23(14)28)25(29)30)31-26(36)18-11-34(21-6-7-37-12-19(21)27)22(35)8-20(18)32-24-16-9-33(2)10-17(16)24/h3-5,8,11,13,16-17,19,21,24-25,32H,6-7,9-10,12H2,1-2H3,(H,31,36)/t13-,16-,17+,19+,21+,24?/m1/s1. The summed E-state index contributed by atoms with van der Waals surface area (Å²) in [6, 6.07) is 3.33. The van der Waals surface area contributed by atoms with Crippen LogP contribution >= 0.6 is 0 Å². The van der Waals surface area contributed by atoms with Crippen LogP contribution in [-0.2, 0) is 4.74 Å². The number of pyridine rings is 1. The third kappa shape index (κ3) is 4.98. The summed E-state index contributed by atoms with van der Waals surface area (Å²) in [6.45, 7) is 3.45. The van der Waals surface area contributed by atoms with Crippen LogP contribution < -0.4 is 16.2 Å². The molecule has 2 saturated heterocycles. The molecule has 2 N–H and O–H groups in total. The first-order chi connectivity index (χ1) is 17.7. The number of fused-ring (bicyclic) bond motifs is 1. The van der Waals surface area contributed by atoms with Crippen molar-refractivity contribution >= 4 is 11.6 Å². The summed E-state index contributed by atoms with van der Waals surface area (Å²) in [5.41, 5.74) is -0.846. The van der Waals surface area contributed by atoms with Gasteiger partial charge in [0.25, 0.3) is 17.9 Å². The Bertz CT molecular complexity index is 1230. The van der Waals surface area contributed by atoms with Crippen LogP contribution in [0.4, 0.5) is 23.2 Å². The van der Waals surface area contributed by atoms with Gasteiger partial charge in [-0.3, -0.25) is 9.59 Å². The molecular formula is C26H30F4N4O3. The van der Waals surface area contributed by atoms with Crippen LogP contribution in [0.15, 0.2) is 35.3 Å². The molecule has 7 nitrogen and oxygen atoms in total. The molecule has 0 spiro atoms. The summed E-state index contributed by atoms with van der Waals surface area (Å²) in [7, 11) is 2.04. The fourth-order valence-electron chi connectivity index (χ4n) is 5.67. The smallest absolute Gasteiger partial charge is 0.266 e. The number of halogens is 4. The van der Waals surface area contributed by atoms with Crippen molar-refractivity contribution in [1.82, 2.24) is 14.8 Å². The minimum Gasteiger partial charge on any atom is -0.381 e. The number of rotatable bonds is 7. The molecule has 1 aromatic carbocycles. The Morgan fingerprint density at radius 3 is 2.57 bits per heavy atom. The minimum absolute atomic E-state index is 0.0815. The quantitative estimate of drug-likeness (QED) is 0.543. The maximum absolute atomic E-state index is 14.7. The van der Waals surface area contributed by atoms with Crippen LogP contribution in [-0.4, -0.2) is 60.9 Å². The normalized spacial score (nSPS) is 28.1. The average molecular weight is 523 g/mol. The maximum atomic E-state index is 14.7. The number of nitrogens with one attached hydrogen (secondary N) is 2. The number of alkyl halides is 3. The molecule has 0 radical (unpaired) electrons. The molecule has 3 heterocycles. The van der Waals surface area contributed by atoms with Crippen molar-refractivity contribution in [2.75, 3.05) is 38.7 Å². The number of benzene rings is 1. The van der Waals surface area contributed by atoms with E-state index >= 15 is 0 Å². The second-order valence-electron chi connectivity index (χ2n) is 10.3. The molecule has 11 heteroatoms. The summed E-state index contributed by atoms with van der Waals surface area (Å²) >= 11 is 0. The van der Waals surface area contributed by atoms with Gasteiger partial charge in [0, 0.05) is 43.6 Å². The molecule has 200 valence electrons. The molecule has 1 aromatic heterocycles. The number of anilines is 1. The molecule has 1 saturated carbocycles. The number of carbonyl (C=O) groups is 1. The van der Waals surface area contributed by atoms with E-state index in [1.807, 2.05) is 7.05 Å². The highest BCUT2D eigenvalue weighted by molar-refractivity contribution is 5.99. The zero-order valence-electron chi connectivity index (χ0n) is 20.6. The van der Waals surface area contributed by atoms with Gasteiger partial charge in [-0.2, -0.15) is 0 Å². The summed E-state index contributed by atoms with van der Waals surface area (Å²) in [5.74, 6) is -0.902. The lowest BCUT2D eigenvalue weighted by atomic mass is 10.0. The molecule has 0 bridgehead atoms. The van der Waals surface area contributed by atoms with Crippen molar-refractivity contribution in [3.63, 3.8) is 0 Å². The third-order valence-corrected chi connectivity index (χ3v) is 7.74. The lowest BCUT2D eigenvalue weighted by molar-refractivity contribution is 0.00232. The Morgan fingerprint density at radius 2 is 1.89 bits per heavy atom. The zero-order chi connectivity index (χ0) is 26.4. The third-order valence-electron chi connectivity index (χ3n) is 7.74. The topological polar surface area (TPSA) is 75.6 Å². The molecule has 3 fully saturated rings. The highest BCUT2D eigenvalue weighted by Gasteiger charge is 2.55. The van der Waals surface area contributed by atoms with Gasteiger partial charge in [-0.1, -0.05) is 18.2 Å². The van der Waals surface area contributed by atoms with Crippen molar-refractivity contribution in [2.24, 2.45) is 11.8 Å². The first-order valence-electron chi connectivity index (χ1n) is 12.5. The molecule has 1 aliphatic carbocycles. The monoisotopic (exact) mass is 522 g/mol. The molecular weight excluding hydrogens is 492 g/mol. The minimum atomic E-state index is -2.99. The second kappa shape index (κ2) is 10.1. The van der Waals surface area contributed by atoms with Crippen LogP contribution in [0.3, 0.4) is 0 Å². The van der Waals surface area contributed by atoms with Gasteiger partial charge in [0.1, 0.15) is 12.0 Å². The van der Waals surface area contributed by atoms with Crippen LogP contribution in [0, 0.1) is 17.7 Å². The molecule has 1 amide bonds. The van der Waals surface area contributed by atoms with Gasteiger partial charge in [-0.05, 0) is 32.2 Å². The predicted molar refractivity (Wildman–Crippen MR) is 129 cm³/mol. The summed E-state index contributed by atoms with van der Waals surface area (Å²) in [4.78, 5) is 28.7. The van der Waals surface area contributed by atoms with E-state index in [1.54, 1.807) is 0 Å². The molecule has 2 aromatic rings. The second-order valence-corrected chi connectivity index (χ2v) is 10.3. The van der Waals surface area contributed by atoms with Crippen LogP contribution in [0.5, 0.6) is 0 Å². The van der Waals surface area contributed by atoms with E-state index < -0.39 is 47.5 Å². The van der Waals surface area contributed by atoms with E-state index in [9.17, 15) is 27.2 Å². The van der Waals surface area contributed by atoms with Crippen LogP contribution in [0.25, 0.3) is 0 Å². The Labute approximate surface area is 211 Å². The first-order valence-corrected chi connectivity index (χ1v) is 12.5.